The van der Waals surface area contributed by atoms with Crippen LogP contribution in [0.4, 0.5) is 4.39 Å². The van der Waals surface area contributed by atoms with Crippen molar-refractivity contribution >= 4 is 27.5 Å². The number of sulfonamides is 1. The molecule has 9 heteroatoms. The molecule has 0 aliphatic carbocycles. The van der Waals surface area contributed by atoms with Gasteiger partial charge in [-0.1, -0.05) is 17.7 Å². The van der Waals surface area contributed by atoms with E-state index >= 15 is 0 Å². The largest absolute Gasteiger partial charge is 0.494 e. The summed E-state index contributed by atoms with van der Waals surface area (Å²) in [4.78, 5) is 12.5. The second kappa shape index (κ2) is 8.24. The quantitative estimate of drug-likeness (QED) is 0.787. The molecule has 0 saturated heterocycles. The van der Waals surface area contributed by atoms with Crippen LogP contribution in [0.15, 0.2) is 41.3 Å². The summed E-state index contributed by atoms with van der Waals surface area (Å²) in [7, 11) is 0.434. The molecule has 1 N–H and O–H groups in total. The Hall–Kier alpha value is -2.16. The van der Waals surface area contributed by atoms with E-state index in [0.29, 0.717) is 5.56 Å². The molecule has 2 aromatic carbocycles. The van der Waals surface area contributed by atoms with Gasteiger partial charge in [0.1, 0.15) is 0 Å². The Morgan fingerprint density at radius 1 is 1.22 bits per heavy atom. The Morgan fingerprint density at radius 2 is 1.89 bits per heavy atom. The van der Waals surface area contributed by atoms with Crippen LogP contribution in [-0.2, 0) is 10.0 Å². The topological polar surface area (TPSA) is 75.7 Å². The summed E-state index contributed by atoms with van der Waals surface area (Å²) in [6.45, 7) is 1.67. The monoisotopic (exact) mass is 414 g/mol. The van der Waals surface area contributed by atoms with Crippen LogP contribution in [0.1, 0.15) is 28.9 Å². The van der Waals surface area contributed by atoms with Gasteiger partial charge in [0, 0.05) is 14.1 Å². The average Bonchev–Trinajstić information content (AvgIpc) is 2.61. The number of nitrogens with one attached hydrogen (secondary N) is 1. The van der Waals surface area contributed by atoms with Crippen LogP contribution < -0.4 is 10.1 Å². The minimum absolute atomic E-state index is 0.0143. The summed E-state index contributed by atoms with van der Waals surface area (Å²) < 4.78 is 44.3. The van der Waals surface area contributed by atoms with Crippen LogP contribution in [0.5, 0.6) is 5.75 Å². The maximum absolute atomic E-state index is 13.9. The van der Waals surface area contributed by atoms with Gasteiger partial charge in [0.25, 0.3) is 5.91 Å². The molecule has 0 aromatic heterocycles. The normalized spacial score (nSPS) is 12.7. The first-order chi connectivity index (χ1) is 12.6. The molecule has 2 rings (SSSR count). The van der Waals surface area contributed by atoms with Crippen LogP contribution in [0.2, 0.25) is 5.02 Å². The lowest BCUT2D eigenvalue weighted by molar-refractivity contribution is 0.0939. The van der Waals surface area contributed by atoms with Gasteiger partial charge in [0.2, 0.25) is 10.0 Å². The van der Waals surface area contributed by atoms with Crippen LogP contribution in [0.25, 0.3) is 0 Å². The second-order valence-corrected chi connectivity index (χ2v) is 8.58. The molecule has 0 aliphatic heterocycles. The van der Waals surface area contributed by atoms with E-state index in [4.69, 9.17) is 16.3 Å². The summed E-state index contributed by atoms with van der Waals surface area (Å²) >= 11 is 6.07. The van der Waals surface area contributed by atoms with Crippen molar-refractivity contribution < 1.29 is 22.3 Å². The Labute approximate surface area is 162 Å². The number of halogens is 2. The molecule has 0 spiro atoms. The van der Waals surface area contributed by atoms with E-state index in [1.807, 2.05) is 0 Å². The van der Waals surface area contributed by atoms with Crippen molar-refractivity contribution in [1.29, 1.82) is 0 Å². The van der Waals surface area contributed by atoms with Gasteiger partial charge in [0.15, 0.2) is 11.6 Å². The van der Waals surface area contributed by atoms with Crippen LogP contribution in [-0.4, -0.2) is 39.8 Å². The van der Waals surface area contributed by atoms with Gasteiger partial charge < -0.3 is 10.1 Å². The maximum atomic E-state index is 13.9. The highest BCUT2D eigenvalue weighted by molar-refractivity contribution is 7.89. The fourth-order valence-electron chi connectivity index (χ4n) is 2.36. The van der Waals surface area contributed by atoms with Crippen molar-refractivity contribution in [2.75, 3.05) is 21.2 Å². The molecule has 0 saturated carbocycles. The fourth-order valence-corrected chi connectivity index (χ4v) is 3.49. The third-order valence-electron chi connectivity index (χ3n) is 3.98. The van der Waals surface area contributed by atoms with Crippen molar-refractivity contribution in [2.24, 2.45) is 0 Å². The number of ether oxygens (including phenoxy) is 1. The van der Waals surface area contributed by atoms with E-state index < -0.39 is 27.8 Å². The smallest absolute Gasteiger partial charge is 0.253 e. The van der Waals surface area contributed by atoms with Gasteiger partial charge in [0.05, 0.1) is 28.6 Å². The van der Waals surface area contributed by atoms with Crippen molar-refractivity contribution in [3.63, 3.8) is 0 Å². The molecule has 2 aromatic rings. The number of benzene rings is 2. The summed E-state index contributed by atoms with van der Waals surface area (Å²) in [6, 6.07) is 7.71. The third-order valence-corrected chi connectivity index (χ3v) is 6.13. The van der Waals surface area contributed by atoms with Crippen molar-refractivity contribution in [3.8, 4) is 5.75 Å². The molecule has 1 atom stereocenters. The molecular weight excluding hydrogens is 395 g/mol. The molecular formula is C18H20ClFN2O4S. The molecule has 27 heavy (non-hydrogen) atoms. The molecule has 0 bridgehead atoms. The first-order valence-electron chi connectivity index (χ1n) is 7.94. The summed E-state index contributed by atoms with van der Waals surface area (Å²) in [5.74, 6) is -1.02. The van der Waals surface area contributed by atoms with Crippen LogP contribution in [0.3, 0.4) is 0 Å². The highest BCUT2D eigenvalue weighted by Crippen LogP contribution is 2.25. The zero-order chi connectivity index (χ0) is 20.4. The third kappa shape index (κ3) is 4.58. The summed E-state index contributed by atoms with van der Waals surface area (Å²) in [5, 5.41) is 2.80. The van der Waals surface area contributed by atoms with E-state index in [1.54, 1.807) is 13.0 Å². The number of nitrogens with zero attached hydrogens (tertiary/aromatic N) is 1. The van der Waals surface area contributed by atoms with Gasteiger partial charge in [-0.05, 0) is 42.8 Å². The zero-order valence-corrected chi connectivity index (χ0v) is 16.9. The summed E-state index contributed by atoms with van der Waals surface area (Å²) in [5.41, 5.74) is 0.537. The van der Waals surface area contributed by atoms with E-state index in [0.717, 1.165) is 4.31 Å². The first kappa shape index (κ1) is 21.1. The number of hydrogen-bond acceptors (Lipinski definition) is 4. The van der Waals surface area contributed by atoms with Gasteiger partial charge in [-0.3, -0.25) is 4.79 Å². The second-order valence-electron chi connectivity index (χ2n) is 6.02. The number of rotatable bonds is 6. The highest BCUT2D eigenvalue weighted by Gasteiger charge is 2.22. The SMILES string of the molecule is COc1ccc([C@@H](C)NC(=O)c2cc(S(=O)(=O)N(C)C)ccc2Cl)cc1F. The molecule has 1 amide bonds. The lowest BCUT2D eigenvalue weighted by Crippen LogP contribution is -2.28. The number of hydrogen-bond donors (Lipinski definition) is 1. The van der Waals surface area contributed by atoms with Gasteiger partial charge >= 0.3 is 0 Å². The minimum Gasteiger partial charge on any atom is -0.494 e. The Kier molecular flexibility index (Phi) is 6.46. The molecule has 0 aliphatic rings. The molecule has 146 valence electrons. The summed E-state index contributed by atoms with van der Waals surface area (Å²) in [6.07, 6.45) is 0. The van der Waals surface area contributed by atoms with Crippen molar-refractivity contribution in [2.45, 2.75) is 17.9 Å². The molecule has 0 fully saturated rings. The Bertz CT molecular complexity index is 964. The van der Waals surface area contributed by atoms with E-state index in [-0.39, 0.29) is 21.2 Å². The number of carbonyl (C=O) groups is 1. The van der Waals surface area contributed by atoms with E-state index in [2.05, 4.69) is 5.32 Å². The van der Waals surface area contributed by atoms with E-state index in [9.17, 15) is 17.6 Å². The standard InChI is InChI=1S/C18H20ClFN2O4S/c1-11(12-5-8-17(26-4)16(20)9-12)21-18(23)14-10-13(6-7-15(14)19)27(24,25)22(2)3/h5-11H,1-4H3,(H,21,23)/t11-/m1/s1. The lowest BCUT2D eigenvalue weighted by atomic mass is 10.1. The van der Waals surface area contributed by atoms with Crippen molar-refractivity contribution in [3.05, 3.63) is 58.4 Å². The van der Waals surface area contributed by atoms with Crippen LogP contribution >= 0.6 is 11.6 Å². The van der Waals surface area contributed by atoms with Gasteiger partial charge in [-0.25, -0.2) is 17.1 Å². The Morgan fingerprint density at radius 3 is 2.44 bits per heavy atom. The molecule has 6 nitrogen and oxygen atoms in total. The number of amides is 1. The molecule has 0 unspecified atom stereocenters. The first-order valence-corrected chi connectivity index (χ1v) is 9.76. The number of carbonyl (C=O) groups excluding carboxylic acids is 1. The number of methoxy groups -OCH3 is 1. The average molecular weight is 415 g/mol. The molecule has 0 radical (unpaired) electrons. The zero-order valence-electron chi connectivity index (χ0n) is 15.3. The molecule has 0 heterocycles. The predicted molar refractivity (Wildman–Crippen MR) is 101 cm³/mol. The Balaban J connectivity index is 2.29. The fraction of sp³-hybridized carbons (Fsp3) is 0.278. The van der Waals surface area contributed by atoms with E-state index in [1.165, 1.54) is 51.5 Å². The van der Waals surface area contributed by atoms with Crippen molar-refractivity contribution in [1.82, 2.24) is 9.62 Å². The highest BCUT2D eigenvalue weighted by atomic mass is 35.5. The van der Waals surface area contributed by atoms with Gasteiger partial charge in [-0.15, -0.1) is 0 Å². The predicted octanol–water partition coefficient (Wildman–Crippen LogP) is 3.23. The van der Waals surface area contributed by atoms with Crippen LogP contribution in [0, 0.1) is 5.82 Å². The maximum Gasteiger partial charge on any atom is 0.253 e. The lowest BCUT2D eigenvalue weighted by Gasteiger charge is -2.17. The van der Waals surface area contributed by atoms with Gasteiger partial charge in [-0.2, -0.15) is 0 Å². The minimum atomic E-state index is -3.71.